The summed E-state index contributed by atoms with van der Waals surface area (Å²) in [6.07, 6.45) is 4.35. The maximum atomic E-state index is 6.46. The normalized spacial score (nSPS) is 22.8. The fourth-order valence-electron chi connectivity index (χ4n) is 4.06. The Hall–Kier alpha value is -0.870. The van der Waals surface area contributed by atoms with Crippen molar-refractivity contribution < 1.29 is 4.74 Å². The standard InChI is InChI=1S/C21H28ClNOS/c1-20(2)16-21(10-12-24-20,14-17-6-3-4-8-19(17)22)9-11-23-15-18-7-5-13-25-18/h3-8,13,23H,9-12,14-16H2,1-2H3/t21-/m1/s1. The van der Waals surface area contributed by atoms with Crippen molar-refractivity contribution in [2.24, 2.45) is 5.41 Å². The zero-order valence-corrected chi connectivity index (χ0v) is 16.8. The van der Waals surface area contributed by atoms with Gasteiger partial charge in [0.05, 0.1) is 5.60 Å². The van der Waals surface area contributed by atoms with E-state index in [0.29, 0.717) is 0 Å². The highest BCUT2D eigenvalue weighted by Crippen LogP contribution is 2.44. The molecule has 1 N–H and O–H groups in total. The molecule has 4 heteroatoms. The highest BCUT2D eigenvalue weighted by Gasteiger charge is 2.40. The molecule has 1 aromatic heterocycles. The van der Waals surface area contributed by atoms with Gasteiger partial charge in [0.2, 0.25) is 0 Å². The number of hydrogen-bond donors (Lipinski definition) is 1. The van der Waals surface area contributed by atoms with E-state index in [-0.39, 0.29) is 11.0 Å². The van der Waals surface area contributed by atoms with E-state index in [1.165, 1.54) is 10.4 Å². The zero-order chi connectivity index (χ0) is 17.8. The van der Waals surface area contributed by atoms with Crippen LogP contribution in [-0.4, -0.2) is 18.8 Å². The van der Waals surface area contributed by atoms with Crippen LogP contribution in [0.2, 0.25) is 5.02 Å². The van der Waals surface area contributed by atoms with Crippen molar-refractivity contribution in [1.82, 2.24) is 5.32 Å². The summed E-state index contributed by atoms with van der Waals surface area (Å²) in [5.74, 6) is 0. The van der Waals surface area contributed by atoms with E-state index in [1.807, 2.05) is 23.5 Å². The molecule has 136 valence electrons. The summed E-state index contributed by atoms with van der Waals surface area (Å²) in [6, 6.07) is 12.6. The van der Waals surface area contributed by atoms with E-state index < -0.39 is 0 Å². The molecule has 1 aliphatic heterocycles. The van der Waals surface area contributed by atoms with E-state index in [0.717, 1.165) is 50.4 Å². The van der Waals surface area contributed by atoms with E-state index in [2.05, 4.69) is 48.8 Å². The van der Waals surface area contributed by atoms with E-state index in [9.17, 15) is 0 Å². The first kappa shape index (κ1) is 18.9. The predicted molar refractivity (Wildman–Crippen MR) is 107 cm³/mol. The summed E-state index contributed by atoms with van der Waals surface area (Å²) in [5.41, 5.74) is 1.45. The van der Waals surface area contributed by atoms with Gasteiger partial charge >= 0.3 is 0 Å². The molecule has 0 aliphatic carbocycles. The van der Waals surface area contributed by atoms with Crippen LogP contribution in [0.25, 0.3) is 0 Å². The molecule has 2 heterocycles. The van der Waals surface area contributed by atoms with Crippen molar-refractivity contribution in [3.8, 4) is 0 Å². The summed E-state index contributed by atoms with van der Waals surface area (Å²) >= 11 is 8.27. The minimum Gasteiger partial charge on any atom is -0.376 e. The average molecular weight is 378 g/mol. The number of thiophene rings is 1. The Morgan fingerprint density at radius 3 is 2.76 bits per heavy atom. The fraction of sp³-hybridized carbons (Fsp3) is 0.524. The first-order valence-electron chi connectivity index (χ1n) is 9.09. The quantitative estimate of drug-likeness (QED) is 0.625. The molecular weight excluding hydrogens is 350 g/mol. The van der Waals surface area contributed by atoms with Gasteiger partial charge in [-0.15, -0.1) is 11.3 Å². The molecule has 1 atom stereocenters. The lowest BCUT2D eigenvalue weighted by Gasteiger charge is -2.45. The minimum absolute atomic E-state index is 0.0622. The summed E-state index contributed by atoms with van der Waals surface area (Å²) in [5, 5.41) is 6.65. The molecule has 3 rings (SSSR count). The fourth-order valence-corrected chi connectivity index (χ4v) is 4.94. The largest absolute Gasteiger partial charge is 0.376 e. The van der Waals surface area contributed by atoms with Crippen LogP contribution in [0.3, 0.4) is 0 Å². The lowest BCUT2D eigenvalue weighted by Crippen LogP contribution is -2.43. The maximum Gasteiger partial charge on any atom is 0.0631 e. The zero-order valence-electron chi connectivity index (χ0n) is 15.2. The molecule has 0 amide bonds. The number of hydrogen-bond acceptors (Lipinski definition) is 3. The molecular formula is C21H28ClNOS. The van der Waals surface area contributed by atoms with Gasteiger partial charge in [0.1, 0.15) is 0 Å². The van der Waals surface area contributed by atoms with Crippen molar-refractivity contribution >= 4 is 22.9 Å². The van der Waals surface area contributed by atoms with Gasteiger partial charge in [-0.25, -0.2) is 0 Å². The second kappa shape index (κ2) is 8.22. The highest BCUT2D eigenvalue weighted by atomic mass is 35.5. The van der Waals surface area contributed by atoms with Crippen molar-refractivity contribution in [2.45, 2.75) is 51.7 Å². The van der Waals surface area contributed by atoms with E-state index in [4.69, 9.17) is 16.3 Å². The van der Waals surface area contributed by atoms with Crippen molar-refractivity contribution in [2.75, 3.05) is 13.2 Å². The number of rotatable bonds is 7. The van der Waals surface area contributed by atoms with Crippen molar-refractivity contribution in [3.63, 3.8) is 0 Å². The van der Waals surface area contributed by atoms with Crippen molar-refractivity contribution in [1.29, 1.82) is 0 Å². The van der Waals surface area contributed by atoms with Gasteiger partial charge < -0.3 is 10.1 Å². The van der Waals surface area contributed by atoms with Gasteiger partial charge in [-0.2, -0.15) is 0 Å². The molecule has 2 aromatic rings. The third kappa shape index (κ3) is 5.30. The Kier molecular flexibility index (Phi) is 6.21. The van der Waals surface area contributed by atoms with Gasteiger partial charge in [0, 0.05) is 23.1 Å². The van der Waals surface area contributed by atoms with Crippen LogP contribution in [-0.2, 0) is 17.7 Å². The molecule has 2 nitrogen and oxygen atoms in total. The monoisotopic (exact) mass is 377 g/mol. The smallest absolute Gasteiger partial charge is 0.0631 e. The third-order valence-electron chi connectivity index (χ3n) is 5.16. The van der Waals surface area contributed by atoms with Crippen molar-refractivity contribution in [3.05, 3.63) is 57.2 Å². The van der Waals surface area contributed by atoms with Gasteiger partial charge in [-0.05, 0) is 74.6 Å². The Labute approximate surface area is 160 Å². The van der Waals surface area contributed by atoms with Crippen LogP contribution in [0.1, 0.15) is 43.6 Å². The van der Waals surface area contributed by atoms with Crippen LogP contribution >= 0.6 is 22.9 Å². The minimum atomic E-state index is -0.0622. The second-order valence-corrected chi connectivity index (χ2v) is 9.25. The van der Waals surface area contributed by atoms with Crippen LogP contribution in [0.4, 0.5) is 0 Å². The Bertz CT molecular complexity index is 670. The summed E-state index contributed by atoms with van der Waals surface area (Å²) < 4.78 is 6.00. The molecule has 0 radical (unpaired) electrons. The van der Waals surface area contributed by atoms with Gasteiger partial charge in [0.15, 0.2) is 0 Å². The molecule has 1 fully saturated rings. The predicted octanol–water partition coefficient (Wildman–Crippen LogP) is 5.70. The summed E-state index contributed by atoms with van der Waals surface area (Å²) in [6.45, 7) is 7.25. The highest BCUT2D eigenvalue weighted by molar-refractivity contribution is 7.09. The Morgan fingerprint density at radius 2 is 2.04 bits per heavy atom. The molecule has 0 spiro atoms. The topological polar surface area (TPSA) is 21.3 Å². The number of benzene rings is 1. The first-order valence-corrected chi connectivity index (χ1v) is 10.3. The third-order valence-corrected chi connectivity index (χ3v) is 6.41. The van der Waals surface area contributed by atoms with Gasteiger partial charge in [-0.1, -0.05) is 35.9 Å². The number of ether oxygens (including phenoxy) is 1. The van der Waals surface area contributed by atoms with Crippen LogP contribution in [0.5, 0.6) is 0 Å². The molecule has 0 unspecified atom stereocenters. The molecule has 25 heavy (non-hydrogen) atoms. The van der Waals surface area contributed by atoms with E-state index in [1.54, 1.807) is 0 Å². The van der Waals surface area contributed by atoms with Crippen LogP contribution in [0, 0.1) is 5.41 Å². The first-order chi connectivity index (χ1) is 12.0. The second-order valence-electron chi connectivity index (χ2n) is 7.81. The Morgan fingerprint density at radius 1 is 1.20 bits per heavy atom. The summed E-state index contributed by atoms with van der Waals surface area (Å²) in [4.78, 5) is 1.40. The van der Waals surface area contributed by atoms with E-state index >= 15 is 0 Å². The van der Waals surface area contributed by atoms with Crippen LogP contribution < -0.4 is 5.32 Å². The molecule has 0 bridgehead atoms. The maximum absolute atomic E-state index is 6.46. The SMILES string of the molecule is CC1(C)C[C@@](CCNCc2cccs2)(Cc2ccccc2Cl)CCO1. The lowest BCUT2D eigenvalue weighted by molar-refractivity contribution is -0.107. The van der Waals surface area contributed by atoms with Crippen LogP contribution in [0.15, 0.2) is 41.8 Å². The number of halogens is 1. The molecule has 1 saturated heterocycles. The molecule has 1 aromatic carbocycles. The number of nitrogens with one attached hydrogen (secondary N) is 1. The average Bonchev–Trinajstić information content (AvgIpc) is 3.06. The van der Waals surface area contributed by atoms with Gasteiger partial charge in [-0.3, -0.25) is 0 Å². The molecule has 0 saturated carbocycles. The summed E-state index contributed by atoms with van der Waals surface area (Å²) in [7, 11) is 0. The van der Waals surface area contributed by atoms with Gasteiger partial charge in [0.25, 0.3) is 0 Å². The lowest BCUT2D eigenvalue weighted by atomic mass is 9.68. The molecule has 1 aliphatic rings. The Balaban J connectivity index is 1.67.